The Morgan fingerprint density at radius 2 is 1.81 bits per heavy atom. The second kappa shape index (κ2) is 9.61. The van der Waals surface area contributed by atoms with Gasteiger partial charge in [0.1, 0.15) is 15.1 Å². The maximum absolute atomic E-state index is 13.0. The Hall–Kier alpha value is -1.78. The van der Waals surface area contributed by atoms with Gasteiger partial charge < -0.3 is 9.30 Å². The van der Waals surface area contributed by atoms with Gasteiger partial charge in [0.25, 0.3) is 0 Å². The van der Waals surface area contributed by atoms with Crippen LogP contribution in [0.15, 0.2) is 24.3 Å². The molecule has 0 bridgehead atoms. The van der Waals surface area contributed by atoms with Crippen LogP contribution in [0.25, 0.3) is 0 Å². The van der Waals surface area contributed by atoms with Crippen LogP contribution in [-0.4, -0.2) is 32.7 Å². The summed E-state index contributed by atoms with van der Waals surface area (Å²) in [7, 11) is 0. The molecular weight excluding hydrogens is 534 g/mol. The number of hydrogen-bond acceptors (Lipinski definition) is 3. The fourth-order valence-corrected chi connectivity index (χ4v) is 4.90. The Morgan fingerprint density at radius 3 is 2.38 bits per heavy atom. The molecule has 0 aliphatic carbocycles. The fourth-order valence-electron chi connectivity index (χ4n) is 3.97. The Morgan fingerprint density at radius 1 is 1.16 bits per heavy atom. The zero-order valence-electron chi connectivity index (χ0n) is 18.8. The topological polar surface area (TPSA) is 47.4 Å². The molecule has 0 saturated carbocycles. The van der Waals surface area contributed by atoms with Crippen LogP contribution in [0.5, 0.6) is 0 Å². The van der Waals surface area contributed by atoms with Crippen LogP contribution in [0.2, 0.25) is 0 Å². The number of nitrogens with zero attached hydrogens (tertiary/aromatic N) is 3. The van der Waals surface area contributed by atoms with Gasteiger partial charge in [-0.25, -0.2) is 9.78 Å². The van der Waals surface area contributed by atoms with E-state index in [-0.39, 0.29) is 12.1 Å². The minimum atomic E-state index is -4.35. The monoisotopic (exact) mass is 563 g/mol. The van der Waals surface area contributed by atoms with Crippen molar-refractivity contribution in [1.29, 1.82) is 0 Å². The van der Waals surface area contributed by atoms with Crippen molar-refractivity contribution in [3.05, 3.63) is 50.6 Å². The van der Waals surface area contributed by atoms with Crippen molar-refractivity contribution in [1.82, 2.24) is 14.5 Å². The van der Waals surface area contributed by atoms with Gasteiger partial charge in [0.05, 0.1) is 17.3 Å². The molecule has 0 radical (unpaired) electrons. The number of fused-ring (bicyclic) bond motifs is 1. The first-order valence-electron chi connectivity index (χ1n) is 10.8. The molecule has 1 aromatic heterocycles. The number of halogens is 4. The number of carbonyl (C=O) groups excluding carboxylic acids is 1. The van der Waals surface area contributed by atoms with Gasteiger partial charge >= 0.3 is 12.3 Å². The molecule has 0 fully saturated rings. The molecule has 176 valence electrons. The van der Waals surface area contributed by atoms with Gasteiger partial charge in [-0.3, -0.25) is 4.90 Å². The third-order valence-electron chi connectivity index (χ3n) is 5.39. The largest absolute Gasteiger partial charge is 0.444 e. The van der Waals surface area contributed by atoms with E-state index in [9.17, 15) is 18.0 Å². The highest BCUT2D eigenvalue weighted by atomic mass is 127. The summed E-state index contributed by atoms with van der Waals surface area (Å²) in [5, 5.41) is 0. The number of alkyl halides is 3. The lowest BCUT2D eigenvalue weighted by Gasteiger charge is -2.38. The molecule has 1 aromatic carbocycles. The minimum absolute atomic E-state index is 0.258. The van der Waals surface area contributed by atoms with Gasteiger partial charge in [0.2, 0.25) is 0 Å². The van der Waals surface area contributed by atoms with E-state index < -0.39 is 17.3 Å². The Kier molecular flexibility index (Phi) is 7.46. The zero-order valence-corrected chi connectivity index (χ0v) is 21.0. The normalized spacial score (nSPS) is 16.8. The van der Waals surface area contributed by atoms with Crippen molar-refractivity contribution < 1.29 is 22.7 Å². The van der Waals surface area contributed by atoms with Gasteiger partial charge in [-0.2, -0.15) is 13.2 Å². The van der Waals surface area contributed by atoms with Crippen molar-refractivity contribution in [3.8, 4) is 0 Å². The predicted molar refractivity (Wildman–Crippen MR) is 124 cm³/mol. The first-order chi connectivity index (χ1) is 14.9. The van der Waals surface area contributed by atoms with Crippen molar-refractivity contribution in [2.45, 2.75) is 77.7 Å². The molecule has 1 aliphatic heterocycles. The van der Waals surface area contributed by atoms with Crippen LogP contribution < -0.4 is 0 Å². The minimum Gasteiger partial charge on any atom is -0.444 e. The van der Waals surface area contributed by atoms with E-state index in [1.807, 2.05) is 20.8 Å². The van der Waals surface area contributed by atoms with Crippen LogP contribution in [0, 0.1) is 3.70 Å². The lowest BCUT2D eigenvalue weighted by Crippen LogP contribution is -2.45. The van der Waals surface area contributed by atoms with Gasteiger partial charge in [-0.15, -0.1) is 0 Å². The van der Waals surface area contributed by atoms with Crippen LogP contribution in [-0.2, 0) is 30.3 Å². The van der Waals surface area contributed by atoms with E-state index in [2.05, 4.69) is 34.1 Å². The van der Waals surface area contributed by atoms with Crippen molar-refractivity contribution >= 4 is 28.7 Å². The average molecular weight is 563 g/mol. The molecule has 1 atom stereocenters. The maximum atomic E-state index is 13.0. The summed E-state index contributed by atoms with van der Waals surface area (Å²) in [6, 6.07) is 4.97. The summed E-state index contributed by atoms with van der Waals surface area (Å²) < 4.78 is 47.3. The molecule has 32 heavy (non-hydrogen) atoms. The van der Waals surface area contributed by atoms with Crippen LogP contribution in [0.1, 0.15) is 69.2 Å². The second-order valence-corrected chi connectivity index (χ2v) is 10.1. The lowest BCUT2D eigenvalue weighted by atomic mass is 9.99. The quantitative estimate of drug-likeness (QED) is 0.397. The highest BCUT2D eigenvalue weighted by Gasteiger charge is 2.37. The summed E-state index contributed by atoms with van der Waals surface area (Å²) >= 11 is 2.21. The standard InChI is InChI=1S/C23H29F3IN3O2/c1-5-6-18-28-20(27)19-17(12-9-15-7-10-16(11-8-15)23(24,25)26)29(13-14-30(18)19)21(31)32-22(2,3)4/h7-8,10-11,17H,5-6,9,12-14H2,1-4H3. The molecule has 1 unspecified atom stereocenters. The molecule has 9 heteroatoms. The van der Waals surface area contributed by atoms with E-state index in [1.165, 1.54) is 12.1 Å². The van der Waals surface area contributed by atoms with Crippen molar-refractivity contribution in [3.63, 3.8) is 0 Å². The van der Waals surface area contributed by atoms with Crippen molar-refractivity contribution in [2.75, 3.05) is 6.54 Å². The lowest BCUT2D eigenvalue weighted by molar-refractivity contribution is -0.137. The Balaban J connectivity index is 1.88. The number of aromatic nitrogens is 2. The number of benzene rings is 1. The van der Waals surface area contributed by atoms with Crippen LogP contribution in [0.3, 0.4) is 0 Å². The molecule has 3 rings (SSSR count). The zero-order chi connectivity index (χ0) is 23.7. The van der Waals surface area contributed by atoms with E-state index in [0.29, 0.717) is 25.9 Å². The summed E-state index contributed by atoms with van der Waals surface area (Å²) in [6.07, 6.45) is -1.81. The number of imidazole rings is 1. The summed E-state index contributed by atoms with van der Waals surface area (Å²) in [5.74, 6) is 1.01. The first kappa shape index (κ1) is 24.9. The van der Waals surface area contributed by atoms with Gasteiger partial charge in [-0.05, 0) is 80.3 Å². The summed E-state index contributed by atoms with van der Waals surface area (Å²) in [5.41, 5.74) is 0.500. The second-order valence-electron chi connectivity index (χ2n) is 9.03. The molecule has 0 saturated heterocycles. The number of ether oxygens (including phenoxy) is 1. The van der Waals surface area contributed by atoms with E-state index >= 15 is 0 Å². The molecule has 1 amide bonds. The SMILES string of the molecule is CCCc1nc(I)c2n1CCN(C(=O)OC(C)(C)C)C2CCc1ccc(C(F)(F)F)cc1. The van der Waals surface area contributed by atoms with Crippen LogP contribution >= 0.6 is 22.6 Å². The molecular formula is C23H29F3IN3O2. The first-order valence-corrected chi connectivity index (χ1v) is 11.9. The molecule has 1 aliphatic rings. The van der Waals surface area contributed by atoms with Crippen LogP contribution in [0.4, 0.5) is 18.0 Å². The van der Waals surface area contributed by atoms with E-state index in [0.717, 1.165) is 45.8 Å². The number of carbonyl (C=O) groups is 1. The number of rotatable bonds is 5. The Labute approximate surface area is 200 Å². The van der Waals surface area contributed by atoms with Gasteiger partial charge in [0.15, 0.2) is 0 Å². The third kappa shape index (κ3) is 5.77. The highest BCUT2D eigenvalue weighted by molar-refractivity contribution is 14.1. The highest BCUT2D eigenvalue weighted by Crippen LogP contribution is 2.36. The van der Waals surface area contributed by atoms with Crippen molar-refractivity contribution in [2.24, 2.45) is 0 Å². The molecule has 5 nitrogen and oxygen atoms in total. The number of hydrogen-bond donors (Lipinski definition) is 0. The molecule has 0 spiro atoms. The molecule has 0 N–H and O–H groups in total. The van der Waals surface area contributed by atoms with Gasteiger partial charge in [0, 0.05) is 19.5 Å². The smallest absolute Gasteiger partial charge is 0.416 e. The maximum Gasteiger partial charge on any atom is 0.416 e. The van der Waals surface area contributed by atoms with E-state index in [1.54, 1.807) is 4.90 Å². The summed E-state index contributed by atoms with van der Waals surface area (Å²) in [6.45, 7) is 8.75. The number of amides is 1. The number of aryl methyl sites for hydroxylation is 2. The third-order valence-corrected chi connectivity index (χ3v) is 6.18. The molecule has 2 heterocycles. The average Bonchev–Trinajstić information content (AvgIpc) is 3.00. The molecule has 2 aromatic rings. The van der Waals surface area contributed by atoms with E-state index in [4.69, 9.17) is 9.72 Å². The Bertz CT molecular complexity index is 949. The summed E-state index contributed by atoms with van der Waals surface area (Å²) in [4.78, 5) is 19.5. The fraction of sp³-hybridized carbons (Fsp3) is 0.565. The van der Waals surface area contributed by atoms with Gasteiger partial charge in [-0.1, -0.05) is 19.1 Å². The predicted octanol–water partition coefficient (Wildman–Crippen LogP) is 6.38.